The topological polar surface area (TPSA) is 67.7 Å². The van der Waals surface area contributed by atoms with E-state index in [2.05, 4.69) is 25.2 Å². The molecular weight excluding hydrogens is 336 g/mol. The molecule has 0 amide bonds. The minimum Gasteiger partial charge on any atom is -0.370 e. The molecule has 3 aromatic rings. The van der Waals surface area contributed by atoms with Crippen LogP contribution in [-0.2, 0) is 13.0 Å². The summed E-state index contributed by atoms with van der Waals surface area (Å²) in [7, 11) is 0. The first-order valence-corrected chi connectivity index (χ1v) is 8.78. The molecule has 2 aromatic heterocycles. The fourth-order valence-corrected chi connectivity index (χ4v) is 3.15. The van der Waals surface area contributed by atoms with E-state index in [4.69, 9.17) is 16.6 Å². The summed E-state index contributed by atoms with van der Waals surface area (Å²) >= 11 is 6.11. The molecule has 0 spiro atoms. The van der Waals surface area contributed by atoms with Crippen LogP contribution >= 0.6 is 11.6 Å². The monoisotopic (exact) mass is 354 g/mol. The summed E-state index contributed by atoms with van der Waals surface area (Å²) in [5.74, 6) is 2.52. The van der Waals surface area contributed by atoms with Gasteiger partial charge in [0.2, 0.25) is 0 Å². The zero-order valence-corrected chi connectivity index (χ0v) is 14.5. The number of aryl methyl sites for hydroxylation is 1. The summed E-state index contributed by atoms with van der Waals surface area (Å²) in [6, 6.07) is 7.64. The number of nitrogens with zero attached hydrogens (tertiary/aromatic N) is 4. The average molecular weight is 355 g/mol. The van der Waals surface area contributed by atoms with Gasteiger partial charge in [0.15, 0.2) is 5.82 Å². The molecule has 4 rings (SSSR count). The molecular formula is C18H19ClN6. The Hall–Kier alpha value is -2.60. The number of nitrogens with one attached hydrogen (secondary N) is 2. The number of hydrogen-bond acceptors (Lipinski definition) is 5. The van der Waals surface area contributed by atoms with Crippen LogP contribution in [0.4, 0.5) is 11.6 Å². The van der Waals surface area contributed by atoms with E-state index in [1.165, 1.54) is 0 Å². The molecule has 0 saturated carbocycles. The number of hydrogen-bond donors (Lipinski definition) is 2. The fraction of sp³-hybridized carbons (Fsp3) is 0.278. The minimum atomic E-state index is 0.685. The zero-order chi connectivity index (χ0) is 17.1. The molecule has 3 heterocycles. The molecule has 128 valence electrons. The summed E-state index contributed by atoms with van der Waals surface area (Å²) in [4.78, 5) is 13.5. The highest BCUT2D eigenvalue weighted by atomic mass is 35.5. The van der Waals surface area contributed by atoms with Crippen LogP contribution in [0, 0.1) is 0 Å². The average Bonchev–Trinajstić information content (AvgIpc) is 3.30. The second-order valence-electron chi connectivity index (χ2n) is 5.99. The Morgan fingerprint density at radius 1 is 1.28 bits per heavy atom. The van der Waals surface area contributed by atoms with Crippen LogP contribution in [0.5, 0.6) is 0 Å². The molecule has 7 heteroatoms. The first-order valence-electron chi connectivity index (χ1n) is 8.40. The van der Waals surface area contributed by atoms with Crippen molar-refractivity contribution in [3.63, 3.8) is 0 Å². The van der Waals surface area contributed by atoms with Gasteiger partial charge in [0, 0.05) is 48.2 Å². The van der Waals surface area contributed by atoms with Crippen molar-refractivity contribution < 1.29 is 0 Å². The number of anilines is 2. The van der Waals surface area contributed by atoms with Crippen LogP contribution in [0.25, 0.3) is 11.4 Å². The third kappa shape index (κ3) is 3.58. The van der Waals surface area contributed by atoms with Gasteiger partial charge in [0.1, 0.15) is 11.6 Å². The van der Waals surface area contributed by atoms with Crippen molar-refractivity contribution in [2.45, 2.75) is 19.4 Å². The van der Waals surface area contributed by atoms with Crippen LogP contribution in [0.3, 0.4) is 0 Å². The lowest BCUT2D eigenvalue weighted by Gasteiger charge is -2.12. The van der Waals surface area contributed by atoms with Crippen molar-refractivity contribution in [3.8, 4) is 11.4 Å². The summed E-state index contributed by atoms with van der Waals surface area (Å²) in [5.41, 5.74) is 2.08. The Labute approximate surface area is 151 Å². The van der Waals surface area contributed by atoms with Crippen molar-refractivity contribution in [1.82, 2.24) is 19.5 Å². The lowest BCUT2D eigenvalue weighted by molar-refractivity contribution is 0.660. The van der Waals surface area contributed by atoms with Crippen LogP contribution in [0.2, 0.25) is 5.02 Å². The van der Waals surface area contributed by atoms with E-state index in [1.54, 1.807) is 6.20 Å². The van der Waals surface area contributed by atoms with E-state index in [0.29, 0.717) is 10.8 Å². The highest BCUT2D eigenvalue weighted by Gasteiger charge is 2.19. The second-order valence-corrected chi connectivity index (χ2v) is 6.43. The smallest absolute Gasteiger partial charge is 0.163 e. The summed E-state index contributed by atoms with van der Waals surface area (Å²) in [5, 5.41) is 7.50. The first kappa shape index (κ1) is 15.9. The Kier molecular flexibility index (Phi) is 4.52. The van der Waals surface area contributed by atoms with E-state index in [1.807, 2.05) is 36.8 Å². The van der Waals surface area contributed by atoms with Crippen molar-refractivity contribution in [3.05, 3.63) is 53.6 Å². The Morgan fingerprint density at radius 2 is 2.24 bits per heavy atom. The summed E-state index contributed by atoms with van der Waals surface area (Å²) in [6.07, 6.45) is 7.55. The third-order valence-corrected chi connectivity index (χ3v) is 4.44. The van der Waals surface area contributed by atoms with Gasteiger partial charge in [-0.3, -0.25) is 0 Å². The molecule has 1 aliphatic heterocycles. The third-order valence-electron chi connectivity index (χ3n) is 4.20. The van der Waals surface area contributed by atoms with Crippen LogP contribution in [0.15, 0.2) is 43.0 Å². The molecule has 6 nitrogen and oxygen atoms in total. The van der Waals surface area contributed by atoms with Gasteiger partial charge in [-0.2, -0.15) is 0 Å². The second kappa shape index (κ2) is 7.11. The maximum atomic E-state index is 6.11. The predicted octanol–water partition coefficient (Wildman–Crippen LogP) is 3.46. The number of benzene rings is 1. The quantitative estimate of drug-likeness (QED) is 0.663. The molecule has 0 saturated heterocycles. The summed E-state index contributed by atoms with van der Waals surface area (Å²) in [6.45, 7) is 2.67. The standard InChI is InChI=1S/C18H19ClN6/c19-14-4-1-3-13(11-14)16-23-17(15-5-7-22-18(15)24-16)21-6-2-9-25-10-8-20-12-25/h1,3-4,8,10-12H,2,5-7,9H2,(H2,21,22,23,24). The van der Waals surface area contributed by atoms with Gasteiger partial charge < -0.3 is 15.2 Å². The van der Waals surface area contributed by atoms with E-state index in [9.17, 15) is 0 Å². The SMILES string of the molecule is Clc1cccc(-c2nc(NCCCn3ccnc3)c3c(n2)NCC3)c1. The molecule has 2 N–H and O–H groups in total. The molecule has 0 radical (unpaired) electrons. The molecule has 0 unspecified atom stereocenters. The van der Waals surface area contributed by atoms with Crippen LogP contribution in [0.1, 0.15) is 12.0 Å². The van der Waals surface area contributed by atoms with Gasteiger partial charge in [0.05, 0.1) is 6.33 Å². The van der Waals surface area contributed by atoms with Crippen molar-refractivity contribution in [2.75, 3.05) is 23.7 Å². The molecule has 0 aliphatic carbocycles. The Balaban J connectivity index is 1.52. The van der Waals surface area contributed by atoms with Gasteiger partial charge in [-0.25, -0.2) is 15.0 Å². The van der Waals surface area contributed by atoms with Crippen LogP contribution in [-0.4, -0.2) is 32.6 Å². The van der Waals surface area contributed by atoms with Gasteiger partial charge >= 0.3 is 0 Å². The number of imidazole rings is 1. The van der Waals surface area contributed by atoms with E-state index in [0.717, 1.165) is 55.2 Å². The first-order chi connectivity index (χ1) is 12.3. The normalized spacial score (nSPS) is 12.7. The highest BCUT2D eigenvalue weighted by molar-refractivity contribution is 6.30. The van der Waals surface area contributed by atoms with Gasteiger partial charge in [-0.05, 0) is 25.0 Å². The molecule has 1 aliphatic rings. The maximum Gasteiger partial charge on any atom is 0.163 e. The van der Waals surface area contributed by atoms with Crippen LogP contribution < -0.4 is 10.6 Å². The number of fused-ring (bicyclic) bond motifs is 1. The molecule has 0 fully saturated rings. The summed E-state index contributed by atoms with van der Waals surface area (Å²) < 4.78 is 2.07. The molecule has 0 atom stereocenters. The zero-order valence-electron chi connectivity index (χ0n) is 13.7. The van der Waals surface area contributed by atoms with Gasteiger partial charge in [0.25, 0.3) is 0 Å². The fourth-order valence-electron chi connectivity index (χ4n) is 2.96. The maximum absolute atomic E-state index is 6.11. The van der Waals surface area contributed by atoms with E-state index < -0.39 is 0 Å². The van der Waals surface area contributed by atoms with Gasteiger partial charge in [-0.15, -0.1) is 0 Å². The Bertz CT molecular complexity index is 862. The van der Waals surface area contributed by atoms with Crippen molar-refractivity contribution >= 4 is 23.2 Å². The van der Waals surface area contributed by atoms with E-state index in [-0.39, 0.29) is 0 Å². The lowest BCUT2D eigenvalue weighted by Crippen LogP contribution is -2.10. The number of halogens is 1. The number of rotatable bonds is 6. The van der Waals surface area contributed by atoms with Gasteiger partial charge in [-0.1, -0.05) is 23.7 Å². The minimum absolute atomic E-state index is 0.685. The van der Waals surface area contributed by atoms with Crippen molar-refractivity contribution in [1.29, 1.82) is 0 Å². The number of aromatic nitrogens is 4. The van der Waals surface area contributed by atoms with E-state index >= 15 is 0 Å². The lowest BCUT2D eigenvalue weighted by atomic mass is 10.2. The largest absolute Gasteiger partial charge is 0.370 e. The molecule has 1 aromatic carbocycles. The van der Waals surface area contributed by atoms with Crippen molar-refractivity contribution in [2.24, 2.45) is 0 Å². The molecule has 25 heavy (non-hydrogen) atoms. The predicted molar refractivity (Wildman–Crippen MR) is 100 cm³/mol. The molecule has 0 bridgehead atoms. The highest BCUT2D eigenvalue weighted by Crippen LogP contribution is 2.30. The Morgan fingerprint density at radius 3 is 3.08 bits per heavy atom.